The maximum atomic E-state index is 14.0. The van der Waals surface area contributed by atoms with E-state index in [1.165, 1.54) is 6.07 Å². The number of nitrogens with zero attached hydrogens (tertiary/aromatic N) is 1. The van der Waals surface area contributed by atoms with Gasteiger partial charge in [-0.1, -0.05) is 6.07 Å². The lowest BCUT2D eigenvalue weighted by atomic mass is 9.97. The number of carbonyl (C=O) groups excluding carboxylic acids is 1. The molecule has 2 fully saturated rings. The van der Waals surface area contributed by atoms with Crippen molar-refractivity contribution in [3.05, 3.63) is 34.1 Å². The molecule has 0 bridgehead atoms. The van der Waals surface area contributed by atoms with Crippen LogP contribution in [0.2, 0.25) is 0 Å². The summed E-state index contributed by atoms with van der Waals surface area (Å²) in [6, 6.07) is 5.00. The van der Waals surface area contributed by atoms with Gasteiger partial charge in [0.15, 0.2) is 0 Å². The summed E-state index contributed by atoms with van der Waals surface area (Å²) in [6.45, 7) is 2.79. The molecular formula is C16H20BrFN2O. The highest BCUT2D eigenvalue weighted by Crippen LogP contribution is 2.32. The Balaban J connectivity index is 1.78. The minimum atomic E-state index is -0.440. The maximum absolute atomic E-state index is 14.0. The van der Waals surface area contributed by atoms with E-state index in [-0.39, 0.29) is 11.5 Å². The largest absolute Gasteiger partial charge is 0.335 e. The second-order valence-electron chi connectivity index (χ2n) is 5.98. The smallest absolute Gasteiger partial charge is 0.258 e. The van der Waals surface area contributed by atoms with Crippen molar-refractivity contribution in [3.8, 4) is 0 Å². The van der Waals surface area contributed by atoms with Gasteiger partial charge in [-0.05, 0) is 72.8 Å². The van der Waals surface area contributed by atoms with Crippen molar-refractivity contribution in [1.29, 1.82) is 0 Å². The van der Waals surface area contributed by atoms with Crippen molar-refractivity contribution >= 4 is 21.8 Å². The van der Waals surface area contributed by atoms with Crippen LogP contribution in [0.5, 0.6) is 0 Å². The van der Waals surface area contributed by atoms with E-state index in [0.29, 0.717) is 16.4 Å². The average Bonchev–Trinajstić information content (AvgIpc) is 3.30. The molecule has 3 rings (SSSR count). The third-order valence-corrected chi connectivity index (χ3v) is 5.00. The molecule has 0 radical (unpaired) electrons. The van der Waals surface area contributed by atoms with Crippen LogP contribution in [0.4, 0.5) is 4.39 Å². The summed E-state index contributed by atoms with van der Waals surface area (Å²) in [5.74, 6) is -0.0762. The molecule has 1 aromatic carbocycles. The van der Waals surface area contributed by atoms with E-state index in [2.05, 4.69) is 21.2 Å². The monoisotopic (exact) mass is 354 g/mol. The summed E-state index contributed by atoms with van der Waals surface area (Å²) in [5.41, 5.74) is 0.179. The van der Waals surface area contributed by atoms with E-state index in [0.717, 1.165) is 45.3 Å². The summed E-state index contributed by atoms with van der Waals surface area (Å²) in [4.78, 5) is 14.7. The van der Waals surface area contributed by atoms with Gasteiger partial charge in [0.25, 0.3) is 5.91 Å². The maximum Gasteiger partial charge on any atom is 0.258 e. The standard InChI is InChI=1S/C16H20BrFN2O/c17-13-2-1-3-14(18)15(13)16(21)20(12-4-5-12)10-11-6-8-19-9-7-11/h1-3,11-12,19H,4-10H2. The summed E-state index contributed by atoms with van der Waals surface area (Å²) in [5, 5.41) is 3.34. The lowest BCUT2D eigenvalue weighted by molar-refractivity contribution is 0.0696. The Hall–Kier alpha value is -0.940. The average molecular weight is 355 g/mol. The Labute approximate surface area is 133 Å². The second kappa shape index (κ2) is 6.44. The van der Waals surface area contributed by atoms with Crippen molar-refractivity contribution < 1.29 is 9.18 Å². The normalized spacial score (nSPS) is 19.5. The van der Waals surface area contributed by atoms with Crippen molar-refractivity contribution in [2.24, 2.45) is 5.92 Å². The zero-order chi connectivity index (χ0) is 14.8. The van der Waals surface area contributed by atoms with Gasteiger partial charge in [0.1, 0.15) is 5.82 Å². The molecule has 0 spiro atoms. The highest BCUT2D eigenvalue weighted by atomic mass is 79.9. The Bertz CT molecular complexity index is 507. The van der Waals surface area contributed by atoms with Crippen LogP contribution in [0.3, 0.4) is 0 Å². The molecule has 5 heteroatoms. The van der Waals surface area contributed by atoms with E-state index in [1.807, 2.05) is 4.90 Å². The van der Waals surface area contributed by atoms with Gasteiger partial charge in [-0.3, -0.25) is 4.79 Å². The van der Waals surface area contributed by atoms with E-state index in [9.17, 15) is 9.18 Å². The molecule has 1 heterocycles. The van der Waals surface area contributed by atoms with Gasteiger partial charge in [0.05, 0.1) is 5.56 Å². The molecule has 1 saturated heterocycles. The zero-order valence-electron chi connectivity index (χ0n) is 11.9. The fourth-order valence-corrected chi connectivity index (χ4v) is 3.48. The highest BCUT2D eigenvalue weighted by Gasteiger charge is 2.36. The first kappa shape index (κ1) is 15.0. The molecule has 0 unspecified atom stereocenters. The third kappa shape index (κ3) is 3.46. The van der Waals surface area contributed by atoms with Gasteiger partial charge in [-0.15, -0.1) is 0 Å². The molecule has 114 valence electrons. The van der Waals surface area contributed by atoms with Crippen LogP contribution in [0, 0.1) is 11.7 Å². The van der Waals surface area contributed by atoms with E-state index < -0.39 is 5.82 Å². The highest BCUT2D eigenvalue weighted by molar-refractivity contribution is 9.10. The van der Waals surface area contributed by atoms with Crippen molar-refractivity contribution in [2.45, 2.75) is 31.7 Å². The number of halogens is 2. The van der Waals surface area contributed by atoms with Gasteiger partial charge in [-0.2, -0.15) is 0 Å². The molecule has 1 saturated carbocycles. The van der Waals surface area contributed by atoms with Crippen LogP contribution in [-0.2, 0) is 0 Å². The van der Waals surface area contributed by atoms with Gasteiger partial charge in [-0.25, -0.2) is 4.39 Å². The summed E-state index contributed by atoms with van der Waals surface area (Å²) < 4.78 is 14.6. The fraction of sp³-hybridized carbons (Fsp3) is 0.562. The number of rotatable bonds is 4. The number of amides is 1. The fourth-order valence-electron chi connectivity index (χ4n) is 2.97. The Kier molecular flexibility index (Phi) is 4.60. The molecule has 21 heavy (non-hydrogen) atoms. The minimum Gasteiger partial charge on any atom is -0.335 e. The summed E-state index contributed by atoms with van der Waals surface area (Å²) in [7, 11) is 0. The topological polar surface area (TPSA) is 32.3 Å². The Morgan fingerprint density at radius 3 is 2.62 bits per heavy atom. The van der Waals surface area contributed by atoms with Crippen molar-refractivity contribution in [3.63, 3.8) is 0 Å². The van der Waals surface area contributed by atoms with Crippen molar-refractivity contribution in [1.82, 2.24) is 10.2 Å². The van der Waals surface area contributed by atoms with Crippen LogP contribution in [-0.4, -0.2) is 36.5 Å². The molecule has 0 aromatic heterocycles. The molecule has 1 amide bonds. The second-order valence-corrected chi connectivity index (χ2v) is 6.83. The number of benzene rings is 1. The van der Waals surface area contributed by atoms with Crippen LogP contribution >= 0.6 is 15.9 Å². The van der Waals surface area contributed by atoms with Crippen LogP contribution in [0.25, 0.3) is 0 Å². The Morgan fingerprint density at radius 1 is 1.29 bits per heavy atom. The third-order valence-electron chi connectivity index (χ3n) is 4.34. The van der Waals surface area contributed by atoms with Gasteiger partial charge in [0, 0.05) is 17.1 Å². The number of hydrogen-bond donors (Lipinski definition) is 1. The molecular weight excluding hydrogens is 335 g/mol. The van der Waals surface area contributed by atoms with Crippen molar-refractivity contribution in [2.75, 3.05) is 19.6 Å². The molecule has 2 aliphatic rings. The van der Waals surface area contributed by atoms with E-state index >= 15 is 0 Å². The first-order valence-corrected chi connectivity index (χ1v) is 8.42. The quantitative estimate of drug-likeness (QED) is 0.900. The van der Waals surface area contributed by atoms with Crippen LogP contribution in [0.1, 0.15) is 36.0 Å². The van der Waals surface area contributed by atoms with Gasteiger partial charge < -0.3 is 10.2 Å². The van der Waals surface area contributed by atoms with Crippen LogP contribution in [0.15, 0.2) is 22.7 Å². The lowest BCUT2D eigenvalue weighted by Crippen LogP contribution is -2.41. The molecule has 1 aliphatic heterocycles. The SMILES string of the molecule is O=C(c1c(F)cccc1Br)N(CC1CCNCC1)C1CC1. The zero-order valence-corrected chi connectivity index (χ0v) is 13.5. The number of nitrogens with one attached hydrogen (secondary N) is 1. The predicted octanol–water partition coefficient (Wildman–Crippen LogP) is 3.19. The summed E-state index contributed by atoms with van der Waals surface area (Å²) in [6.07, 6.45) is 4.27. The van der Waals surface area contributed by atoms with Gasteiger partial charge >= 0.3 is 0 Å². The molecule has 0 atom stereocenters. The number of hydrogen-bond acceptors (Lipinski definition) is 2. The molecule has 3 nitrogen and oxygen atoms in total. The number of piperidine rings is 1. The van der Waals surface area contributed by atoms with E-state index in [1.54, 1.807) is 12.1 Å². The van der Waals surface area contributed by atoms with Crippen LogP contribution < -0.4 is 5.32 Å². The molecule has 1 aromatic rings. The summed E-state index contributed by atoms with van der Waals surface area (Å²) >= 11 is 3.31. The van der Waals surface area contributed by atoms with Gasteiger partial charge in [0.2, 0.25) is 0 Å². The molecule has 1 aliphatic carbocycles. The number of carbonyl (C=O) groups is 1. The lowest BCUT2D eigenvalue weighted by Gasteiger charge is -2.30. The first-order chi connectivity index (χ1) is 10.2. The minimum absolute atomic E-state index is 0.166. The Morgan fingerprint density at radius 2 is 2.00 bits per heavy atom. The predicted molar refractivity (Wildman–Crippen MR) is 83.8 cm³/mol. The molecule has 1 N–H and O–H groups in total. The van der Waals surface area contributed by atoms with E-state index in [4.69, 9.17) is 0 Å². The first-order valence-electron chi connectivity index (χ1n) is 7.62.